The van der Waals surface area contributed by atoms with Gasteiger partial charge in [-0.3, -0.25) is 43.4 Å². The average molecular weight is 1050 g/mol. The summed E-state index contributed by atoms with van der Waals surface area (Å²) in [5.74, 6) is -1.40. The van der Waals surface area contributed by atoms with Gasteiger partial charge in [0.05, 0.1) is 17.1 Å². The highest BCUT2D eigenvalue weighted by Crippen LogP contribution is 2.66. The highest BCUT2D eigenvalue weighted by molar-refractivity contribution is 7.66. The van der Waals surface area contributed by atoms with E-state index in [2.05, 4.69) is 23.4 Å². The standard InChI is InChI=1S/C43H50N5O20P3/c1-42(2)16-28-34(30(49)18-42)33(24-11-13-27(14-12-24)48(56)57)35-29(17-43(3,4)19-31(35)50)46(28)20-23-7-9-25(10-8-23)38(53)44-15-5-6-26-21-47(41(55)45-39(26)54)40-37(52)36(51)32(66-40)22-65-70(61,62)68-71(63,64)67-69(58,59)60/h5-14,21,32-33,36-37,40,51-52H,15-20,22H2,1-4H3,(H,44,53)(H,61,62)(H,63,64)(H,45,54,55)(H2,58,59,60)/b6-5+/t32-,36-,37-,40-/m1/s1. The number of hydrogen-bond donors (Lipinski definition) is 8. The molecule has 1 fully saturated rings. The number of nitro groups is 1. The zero-order chi connectivity index (χ0) is 52.2. The van der Waals surface area contributed by atoms with Crippen molar-refractivity contribution in [3.63, 3.8) is 0 Å². The van der Waals surface area contributed by atoms with Crippen LogP contribution in [0.4, 0.5) is 5.69 Å². The number of H-pyrrole nitrogens is 1. The molecule has 0 spiro atoms. The number of aromatic amines is 1. The molecule has 0 radical (unpaired) electrons. The van der Waals surface area contributed by atoms with Crippen molar-refractivity contribution >= 4 is 52.7 Å². The minimum atomic E-state index is -5.86. The molecule has 3 aromatic rings. The smallest absolute Gasteiger partial charge is 0.387 e. The number of allylic oxidation sites excluding steroid dienone is 4. The number of aliphatic hydroxyl groups is 2. The lowest BCUT2D eigenvalue weighted by atomic mass is 9.63. The Hall–Kier alpha value is -5.36. The first-order valence-corrected chi connectivity index (χ1v) is 26.2. The Morgan fingerprint density at radius 1 is 0.859 bits per heavy atom. The van der Waals surface area contributed by atoms with Crippen molar-refractivity contribution in [3.05, 3.63) is 137 Å². The maximum atomic E-state index is 14.2. The molecule has 2 unspecified atom stereocenters. The summed E-state index contributed by atoms with van der Waals surface area (Å²) in [6.45, 7) is 7.01. The van der Waals surface area contributed by atoms with E-state index in [0.717, 1.165) is 23.2 Å². The number of ether oxygens (including phenoxy) is 1. The molecule has 3 heterocycles. The number of nitro benzene ring substituents is 1. The van der Waals surface area contributed by atoms with Gasteiger partial charge < -0.3 is 44.7 Å². The third kappa shape index (κ3) is 12.3. The molecule has 2 aliphatic heterocycles. The summed E-state index contributed by atoms with van der Waals surface area (Å²) in [4.78, 5) is 119. The molecular formula is C43H50N5O20P3. The van der Waals surface area contributed by atoms with Gasteiger partial charge >= 0.3 is 29.2 Å². The van der Waals surface area contributed by atoms with Crippen molar-refractivity contribution in [2.24, 2.45) is 10.8 Å². The number of amides is 1. The van der Waals surface area contributed by atoms with Crippen molar-refractivity contribution in [2.45, 2.75) is 90.4 Å². The second-order valence-corrected chi connectivity index (χ2v) is 23.4. The van der Waals surface area contributed by atoms with Gasteiger partial charge in [0.2, 0.25) is 0 Å². The normalized spacial score (nSPS) is 24.1. The molecule has 25 nitrogen and oxygen atoms in total. The highest BCUT2D eigenvalue weighted by atomic mass is 31.3. The van der Waals surface area contributed by atoms with Gasteiger partial charge in [0, 0.05) is 78.3 Å². The Balaban J connectivity index is 1.03. The molecule has 28 heteroatoms. The number of hydrogen-bond acceptors (Lipinski definition) is 17. The van der Waals surface area contributed by atoms with Gasteiger partial charge in [-0.2, -0.15) is 8.62 Å². The van der Waals surface area contributed by atoms with E-state index >= 15 is 0 Å². The number of ketones is 2. The lowest BCUT2D eigenvalue weighted by Gasteiger charge is -2.49. The number of rotatable bonds is 16. The Morgan fingerprint density at radius 2 is 1.44 bits per heavy atom. The number of Topliss-reactive ketones (excluding diaryl/α,β-unsaturated/α-hetero) is 2. The van der Waals surface area contributed by atoms with Crippen molar-refractivity contribution < 1.29 is 80.7 Å². The van der Waals surface area contributed by atoms with Gasteiger partial charge in [0.1, 0.15) is 18.3 Å². The molecule has 382 valence electrons. The number of carbonyl (C=O) groups excluding carboxylic acids is 3. The van der Waals surface area contributed by atoms with Gasteiger partial charge in [-0.15, -0.1) is 0 Å². The van der Waals surface area contributed by atoms with Gasteiger partial charge in [-0.1, -0.05) is 64.1 Å². The summed E-state index contributed by atoms with van der Waals surface area (Å²) in [6.07, 6.45) is -2.25. The van der Waals surface area contributed by atoms with Crippen LogP contribution in [0.1, 0.15) is 92.6 Å². The first kappa shape index (κ1) is 53.4. The van der Waals surface area contributed by atoms with Crippen LogP contribution in [-0.2, 0) is 47.7 Å². The second-order valence-electron chi connectivity index (χ2n) is 19.0. The van der Waals surface area contributed by atoms with Crippen LogP contribution >= 0.6 is 23.5 Å². The topological polar surface area (TPSA) is 374 Å². The molecule has 1 saturated heterocycles. The number of phosphoric ester groups is 1. The number of nitrogens with one attached hydrogen (secondary N) is 2. The molecule has 2 aromatic carbocycles. The van der Waals surface area contributed by atoms with Crippen LogP contribution in [0.15, 0.2) is 92.9 Å². The first-order valence-electron chi connectivity index (χ1n) is 21.7. The molecule has 0 bridgehead atoms. The average Bonchev–Trinajstić information content (AvgIpc) is 3.52. The fourth-order valence-electron chi connectivity index (χ4n) is 9.12. The molecule has 2 aliphatic carbocycles. The highest BCUT2D eigenvalue weighted by Gasteiger charge is 2.50. The van der Waals surface area contributed by atoms with Gasteiger partial charge in [-0.25, -0.2) is 18.5 Å². The molecule has 8 N–H and O–H groups in total. The van der Waals surface area contributed by atoms with Crippen LogP contribution in [0.3, 0.4) is 0 Å². The van der Waals surface area contributed by atoms with Gasteiger partial charge in [-0.05, 0) is 46.9 Å². The number of aliphatic hydroxyl groups excluding tert-OH is 2. The summed E-state index contributed by atoms with van der Waals surface area (Å²) in [5.41, 5.74) is 1.07. The summed E-state index contributed by atoms with van der Waals surface area (Å²) >= 11 is 0. The molecule has 0 saturated carbocycles. The summed E-state index contributed by atoms with van der Waals surface area (Å²) in [7, 11) is -17.2. The maximum absolute atomic E-state index is 14.2. The van der Waals surface area contributed by atoms with Crippen LogP contribution in [-0.4, -0.2) is 98.1 Å². The number of non-ortho nitro benzene ring substituents is 1. The fourth-order valence-corrected chi connectivity index (χ4v) is 12.2. The molecule has 6 atom stereocenters. The van der Waals surface area contributed by atoms with Crippen molar-refractivity contribution in [3.8, 4) is 0 Å². The van der Waals surface area contributed by atoms with Crippen LogP contribution < -0.4 is 16.6 Å². The summed E-state index contributed by atoms with van der Waals surface area (Å²) in [5, 5.41) is 35.4. The lowest BCUT2D eigenvalue weighted by molar-refractivity contribution is -0.384. The maximum Gasteiger partial charge on any atom is 0.490 e. The predicted octanol–water partition coefficient (Wildman–Crippen LogP) is 3.74. The van der Waals surface area contributed by atoms with E-state index in [1.807, 2.05) is 32.7 Å². The molecule has 71 heavy (non-hydrogen) atoms. The number of aromatic nitrogens is 2. The minimum Gasteiger partial charge on any atom is -0.387 e. The monoisotopic (exact) mass is 1050 g/mol. The number of nitrogens with zero attached hydrogens (tertiary/aromatic N) is 3. The van der Waals surface area contributed by atoms with Gasteiger partial charge in [0.15, 0.2) is 17.8 Å². The van der Waals surface area contributed by atoms with Gasteiger partial charge in [0.25, 0.3) is 17.2 Å². The Kier molecular flexibility index (Phi) is 15.0. The Bertz CT molecular complexity index is 2980. The second kappa shape index (κ2) is 19.9. The Labute approximate surface area is 403 Å². The van der Waals surface area contributed by atoms with Crippen molar-refractivity contribution in [2.75, 3.05) is 13.2 Å². The number of benzene rings is 2. The first-order chi connectivity index (χ1) is 32.9. The van der Waals surface area contributed by atoms with E-state index < -0.39 is 93.4 Å². The lowest BCUT2D eigenvalue weighted by Crippen LogP contribution is -2.44. The zero-order valence-corrected chi connectivity index (χ0v) is 41.0. The SMILES string of the molecule is CC1(C)CC(=O)C2=C(C1)N(Cc1ccc(C(=O)NC/C=C/c3cn([C@@H]4O[C@H](COP(=O)(O)OP(=O)(O)OP(=O)(O)O)[C@@H](O)[C@H]4O)c(=O)[nH]c3=O)cc1)C1=C(C(=O)CC(C)(C)C1)C2c1ccc([N+](=O)[O-])cc1. The molecular weight excluding hydrogens is 999 g/mol. The van der Waals surface area contributed by atoms with E-state index in [4.69, 9.17) is 14.5 Å². The summed E-state index contributed by atoms with van der Waals surface area (Å²) in [6, 6.07) is 12.7. The van der Waals surface area contributed by atoms with E-state index in [1.165, 1.54) is 24.3 Å². The van der Waals surface area contributed by atoms with E-state index in [-0.39, 0.29) is 54.3 Å². The Morgan fingerprint density at radius 3 is 1.99 bits per heavy atom. The largest absolute Gasteiger partial charge is 0.490 e. The van der Waals surface area contributed by atoms with Crippen molar-refractivity contribution in [1.82, 2.24) is 19.8 Å². The molecule has 1 amide bonds. The van der Waals surface area contributed by atoms with Crippen LogP contribution in [0.2, 0.25) is 0 Å². The molecule has 7 rings (SSSR count). The zero-order valence-electron chi connectivity index (χ0n) is 38.3. The third-order valence-corrected chi connectivity index (χ3v) is 15.9. The third-order valence-electron chi connectivity index (χ3n) is 12.1. The van der Waals surface area contributed by atoms with E-state index in [0.29, 0.717) is 34.1 Å². The summed E-state index contributed by atoms with van der Waals surface area (Å²) < 4.78 is 52.5. The quantitative estimate of drug-likeness (QED) is 0.0575. The number of phosphoric acid groups is 3. The van der Waals surface area contributed by atoms with E-state index in [9.17, 15) is 67.8 Å². The molecule has 4 aliphatic rings. The fraction of sp³-hybridized carbons (Fsp3) is 0.419. The van der Waals surface area contributed by atoms with Crippen molar-refractivity contribution in [1.29, 1.82) is 0 Å². The van der Waals surface area contributed by atoms with E-state index in [1.54, 1.807) is 36.4 Å². The molecule has 1 aromatic heterocycles. The number of carbonyl (C=O) groups is 3. The van der Waals surface area contributed by atoms with Crippen LogP contribution in [0.25, 0.3) is 6.08 Å². The van der Waals surface area contributed by atoms with Crippen LogP contribution in [0, 0.1) is 20.9 Å². The minimum absolute atomic E-state index is 0.102. The predicted molar refractivity (Wildman–Crippen MR) is 246 cm³/mol. The van der Waals surface area contributed by atoms with Crippen LogP contribution in [0.5, 0.6) is 0 Å².